The smallest absolute Gasteiger partial charge is 0.242 e. The largest absolute Gasteiger partial charge is 0.351 e. The number of nitrogens with zero attached hydrogens (tertiary/aromatic N) is 3. The van der Waals surface area contributed by atoms with Gasteiger partial charge in [-0.25, -0.2) is 4.98 Å². The molecule has 1 aromatic rings. The predicted molar refractivity (Wildman–Crippen MR) is 80.7 cm³/mol. The summed E-state index contributed by atoms with van der Waals surface area (Å²) in [7, 11) is 0. The average molecular weight is 288 g/mol. The van der Waals surface area contributed by atoms with Gasteiger partial charge in [0.05, 0.1) is 6.54 Å². The number of nitrogens with one attached hydrogen (secondary N) is 1. The van der Waals surface area contributed by atoms with Crippen LogP contribution in [-0.4, -0.2) is 47.9 Å². The quantitative estimate of drug-likeness (QED) is 0.822. The Kier molecular flexibility index (Phi) is 4.92. The van der Waals surface area contributed by atoms with E-state index in [1.165, 1.54) is 6.92 Å². The lowest BCUT2D eigenvalue weighted by molar-refractivity contribution is -0.132. The van der Waals surface area contributed by atoms with Crippen LogP contribution in [0.3, 0.4) is 0 Å². The molecule has 1 N–H and O–H groups in total. The monoisotopic (exact) mass is 288 g/mol. The number of carbonyl (C=O) groups is 2. The number of hydrogen-bond acceptors (Lipinski definition) is 4. The number of hydrogen-bond donors (Lipinski definition) is 1. The highest BCUT2D eigenvalue weighted by molar-refractivity contribution is 5.83. The minimum atomic E-state index is -0.200. The number of carbonyl (C=O) groups excluding carboxylic acids is 2. The Morgan fingerprint density at radius 1 is 1.48 bits per heavy atom. The molecule has 6 heteroatoms. The molecule has 1 aliphatic rings. The molecule has 1 aliphatic heterocycles. The Morgan fingerprint density at radius 3 is 3.00 bits per heavy atom. The van der Waals surface area contributed by atoms with Crippen molar-refractivity contribution < 1.29 is 9.59 Å². The van der Waals surface area contributed by atoms with Crippen molar-refractivity contribution in [2.45, 2.75) is 13.5 Å². The molecule has 21 heavy (non-hydrogen) atoms. The molecule has 0 bridgehead atoms. The third-order valence-electron chi connectivity index (χ3n) is 3.36. The van der Waals surface area contributed by atoms with Crippen molar-refractivity contribution in [3.63, 3.8) is 0 Å². The first kappa shape index (κ1) is 15.0. The molecule has 112 valence electrons. The highest BCUT2D eigenvalue weighted by Crippen LogP contribution is 2.22. The van der Waals surface area contributed by atoms with Gasteiger partial charge in [-0.05, 0) is 6.07 Å². The molecule has 2 heterocycles. The molecule has 0 atom stereocenters. The van der Waals surface area contributed by atoms with Gasteiger partial charge in [-0.1, -0.05) is 12.1 Å². The van der Waals surface area contributed by atoms with Crippen LogP contribution < -0.4 is 10.2 Å². The van der Waals surface area contributed by atoms with Gasteiger partial charge in [0, 0.05) is 44.9 Å². The maximum atomic E-state index is 12.2. The molecule has 2 amide bonds. The van der Waals surface area contributed by atoms with E-state index in [0.717, 1.165) is 11.4 Å². The maximum Gasteiger partial charge on any atom is 0.242 e. The second-order valence-corrected chi connectivity index (χ2v) is 4.95. The van der Waals surface area contributed by atoms with Gasteiger partial charge in [0.15, 0.2) is 0 Å². The SMILES string of the molecule is C=CCN1CCN(C(=O)CNC(C)=O)Cc2cccnc21. The predicted octanol–water partition coefficient (Wildman–Crippen LogP) is 0.552. The average Bonchev–Trinajstić information content (AvgIpc) is 2.65. The molecule has 6 nitrogen and oxygen atoms in total. The van der Waals surface area contributed by atoms with Gasteiger partial charge in [-0.15, -0.1) is 6.58 Å². The van der Waals surface area contributed by atoms with E-state index in [-0.39, 0.29) is 18.4 Å². The van der Waals surface area contributed by atoms with Crippen molar-refractivity contribution in [1.82, 2.24) is 15.2 Å². The van der Waals surface area contributed by atoms with E-state index < -0.39 is 0 Å². The van der Waals surface area contributed by atoms with Crippen LogP contribution in [0.2, 0.25) is 0 Å². The second kappa shape index (κ2) is 6.88. The molecule has 0 saturated carbocycles. The van der Waals surface area contributed by atoms with E-state index in [0.29, 0.717) is 26.2 Å². The lowest BCUT2D eigenvalue weighted by atomic mass is 10.2. The summed E-state index contributed by atoms with van der Waals surface area (Å²) in [5, 5.41) is 2.55. The molecule has 0 fully saturated rings. The highest BCUT2D eigenvalue weighted by Gasteiger charge is 2.23. The standard InChI is InChI=1S/C15H20N4O2/c1-3-7-18-8-9-19(14(21)10-17-12(2)20)11-13-5-4-6-16-15(13)18/h3-6H,1,7-11H2,2H3,(H,17,20). The molecule has 0 radical (unpaired) electrons. The third kappa shape index (κ3) is 3.81. The third-order valence-corrected chi connectivity index (χ3v) is 3.36. The molecule has 0 aliphatic carbocycles. The van der Waals surface area contributed by atoms with Gasteiger partial charge in [0.2, 0.25) is 11.8 Å². The maximum absolute atomic E-state index is 12.2. The number of rotatable bonds is 4. The number of pyridine rings is 1. The molecular formula is C15H20N4O2. The fourth-order valence-corrected chi connectivity index (χ4v) is 2.33. The van der Waals surface area contributed by atoms with Crippen molar-refractivity contribution in [2.24, 2.45) is 0 Å². The topological polar surface area (TPSA) is 65.5 Å². The van der Waals surface area contributed by atoms with E-state index in [1.54, 1.807) is 11.1 Å². The number of fused-ring (bicyclic) bond motifs is 1. The summed E-state index contributed by atoms with van der Waals surface area (Å²) in [6.45, 7) is 7.70. The fraction of sp³-hybridized carbons (Fsp3) is 0.400. The molecule has 1 aromatic heterocycles. The van der Waals surface area contributed by atoms with Crippen LogP contribution >= 0.6 is 0 Å². The van der Waals surface area contributed by atoms with Gasteiger partial charge in [0.25, 0.3) is 0 Å². The highest BCUT2D eigenvalue weighted by atomic mass is 16.2. The Bertz CT molecular complexity index is 544. The molecule has 0 aromatic carbocycles. The van der Waals surface area contributed by atoms with Crippen molar-refractivity contribution in [3.8, 4) is 0 Å². The van der Waals surface area contributed by atoms with Crippen LogP contribution in [0.15, 0.2) is 31.0 Å². The normalized spacial score (nSPS) is 14.1. The summed E-state index contributed by atoms with van der Waals surface area (Å²) in [5.74, 6) is 0.612. The Hall–Kier alpha value is -2.37. The van der Waals surface area contributed by atoms with Gasteiger partial charge in [-0.2, -0.15) is 0 Å². The Labute approximate surface area is 124 Å². The van der Waals surface area contributed by atoms with Crippen molar-refractivity contribution in [3.05, 3.63) is 36.5 Å². The zero-order chi connectivity index (χ0) is 15.2. The van der Waals surface area contributed by atoms with Crippen LogP contribution in [0, 0.1) is 0 Å². The van der Waals surface area contributed by atoms with Gasteiger partial charge in [0.1, 0.15) is 5.82 Å². The molecule has 0 spiro atoms. The Balaban J connectivity index is 2.14. The van der Waals surface area contributed by atoms with Crippen LogP contribution in [0.1, 0.15) is 12.5 Å². The van der Waals surface area contributed by atoms with Crippen LogP contribution in [0.25, 0.3) is 0 Å². The van der Waals surface area contributed by atoms with Crippen molar-refractivity contribution in [2.75, 3.05) is 31.1 Å². The van der Waals surface area contributed by atoms with Crippen molar-refractivity contribution >= 4 is 17.6 Å². The van der Waals surface area contributed by atoms with Crippen molar-refractivity contribution in [1.29, 1.82) is 0 Å². The Morgan fingerprint density at radius 2 is 2.29 bits per heavy atom. The van der Waals surface area contributed by atoms with E-state index >= 15 is 0 Å². The number of aromatic nitrogens is 1. The summed E-state index contributed by atoms with van der Waals surface area (Å²) < 4.78 is 0. The summed E-state index contributed by atoms with van der Waals surface area (Å²) in [6.07, 6.45) is 3.58. The number of amides is 2. The second-order valence-electron chi connectivity index (χ2n) is 4.95. The lowest BCUT2D eigenvalue weighted by Crippen LogP contribution is -2.41. The summed E-state index contributed by atoms with van der Waals surface area (Å²) in [5.41, 5.74) is 1.01. The van der Waals surface area contributed by atoms with Crippen LogP contribution in [0.5, 0.6) is 0 Å². The summed E-state index contributed by atoms with van der Waals surface area (Å²) in [4.78, 5) is 31.4. The summed E-state index contributed by atoms with van der Waals surface area (Å²) in [6, 6.07) is 3.84. The van der Waals surface area contributed by atoms with E-state index in [9.17, 15) is 9.59 Å². The van der Waals surface area contributed by atoms with Gasteiger partial charge >= 0.3 is 0 Å². The van der Waals surface area contributed by atoms with E-state index in [1.807, 2.05) is 18.2 Å². The zero-order valence-electron chi connectivity index (χ0n) is 12.2. The molecule has 0 unspecified atom stereocenters. The van der Waals surface area contributed by atoms with Crippen LogP contribution in [-0.2, 0) is 16.1 Å². The summed E-state index contributed by atoms with van der Waals surface area (Å²) >= 11 is 0. The number of anilines is 1. The van der Waals surface area contributed by atoms with Gasteiger partial charge in [-0.3, -0.25) is 9.59 Å². The molecular weight excluding hydrogens is 268 g/mol. The van der Waals surface area contributed by atoms with Crippen LogP contribution in [0.4, 0.5) is 5.82 Å². The van der Waals surface area contributed by atoms with E-state index in [4.69, 9.17) is 0 Å². The first-order valence-corrected chi connectivity index (χ1v) is 6.93. The van der Waals surface area contributed by atoms with E-state index in [2.05, 4.69) is 21.8 Å². The molecule has 0 saturated heterocycles. The first-order chi connectivity index (χ1) is 10.1. The minimum Gasteiger partial charge on any atom is -0.351 e. The zero-order valence-corrected chi connectivity index (χ0v) is 12.2. The fourth-order valence-electron chi connectivity index (χ4n) is 2.33. The van der Waals surface area contributed by atoms with Gasteiger partial charge < -0.3 is 15.1 Å². The minimum absolute atomic E-state index is 0.0341. The first-order valence-electron chi connectivity index (χ1n) is 6.93. The lowest BCUT2D eigenvalue weighted by Gasteiger charge is -2.22. The molecule has 2 rings (SSSR count).